The van der Waals surface area contributed by atoms with Gasteiger partial charge in [0, 0.05) is 6.54 Å². The zero-order valence-electron chi connectivity index (χ0n) is 13.6. The van der Waals surface area contributed by atoms with Crippen molar-refractivity contribution < 1.29 is 17.9 Å². The van der Waals surface area contributed by atoms with Gasteiger partial charge in [0.25, 0.3) is 0 Å². The summed E-state index contributed by atoms with van der Waals surface area (Å²) in [5.41, 5.74) is 1.14. The Kier molecular flexibility index (Phi) is 6.65. The molecule has 0 amide bonds. The molecule has 0 aliphatic carbocycles. The minimum Gasteiger partial charge on any atom is -0.497 e. The fourth-order valence-corrected chi connectivity index (χ4v) is 3.98. The molecule has 0 aliphatic heterocycles. The van der Waals surface area contributed by atoms with E-state index in [1.165, 1.54) is 19.2 Å². The first-order valence-electron chi connectivity index (χ1n) is 7.42. The number of hydrogen-bond donors (Lipinski definition) is 1. The summed E-state index contributed by atoms with van der Waals surface area (Å²) in [7, 11) is -0.369. The van der Waals surface area contributed by atoms with Gasteiger partial charge in [-0.25, -0.2) is 13.1 Å². The molecule has 7 heteroatoms. The molecule has 2 aromatic rings. The summed E-state index contributed by atoms with van der Waals surface area (Å²) in [6.45, 7) is 0.373. The molecule has 0 radical (unpaired) electrons. The standard InChI is InChI=1S/C17H20BrNO4S/c1-22-14-7-5-13(6-8-14)4-3-11-19-24(20,21)15-9-10-17(23-2)16(18)12-15/h5-10,12,19H,3-4,11H2,1-2H3. The van der Waals surface area contributed by atoms with Gasteiger partial charge in [0.15, 0.2) is 0 Å². The molecule has 0 spiro atoms. The number of sulfonamides is 1. The van der Waals surface area contributed by atoms with Crippen molar-refractivity contribution in [2.45, 2.75) is 17.7 Å². The molecule has 0 heterocycles. The monoisotopic (exact) mass is 413 g/mol. The van der Waals surface area contributed by atoms with Crippen LogP contribution in [0.15, 0.2) is 51.8 Å². The first-order valence-corrected chi connectivity index (χ1v) is 9.70. The van der Waals surface area contributed by atoms with Crippen molar-refractivity contribution >= 4 is 26.0 Å². The molecular formula is C17H20BrNO4S. The predicted octanol–water partition coefficient (Wildman–Crippen LogP) is 3.38. The molecule has 1 N–H and O–H groups in total. The van der Waals surface area contributed by atoms with Crippen LogP contribution in [0.2, 0.25) is 0 Å². The van der Waals surface area contributed by atoms with Gasteiger partial charge in [-0.2, -0.15) is 0 Å². The second kappa shape index (κ2) is 8.50. The van der Waals surface area contributed by atoms with E-state index in [2.05, 4.69) is 20.7 Å². The first kappa shape index (κ1) is 18.8. The minimum atomic E-state index is -3.53. The molecule has 24 heavy (non-hydrogen) atoms. The van der Waals surface area contributed by atoms with Crippen molar-refractivity contribution in [3.63, 3.8) is 0 Å². The van der Waals surface area contributed by atoms with E-state index in [1.807, 2.05) is 24.3 Å². The minimum absolute atomic E-state index is 0.208. The van der Waals surface area contributed by atoms with Gasteiger partial charge >= 0.3 is 0 Å². The van der Waals surface area contributed by atoms with E-state index in [0.29, 0.717) is 23.2 Å². The van der Waals surface area contributed by atoms with Crippen LogP contribution in [0.25, 0.3) is 0 Å². The third-order valence-corrected chi connectivity index (χ3v) is 5.61. The van der Waals surface area contributed by atoms with Crippen LogP contribution in [0.3, 0.4) is 0 Å². The van der Waals surface area contributed by atoms with Crippen molar-refractivity contribution in [3.05, 3.63) is 52.5 Å². The third-order valence-electron chi connectivity index (χ3n) is 3.53. The first-order chi connectivity index (χ1) is 11.5. The SMILES string of the molecule is COc1ccc(CCCNS(=O)(=O)c2ccc(OC)c(Br)c2)cc1. The Morgan fingerprint density at radius 1 is 1.04 bits per heavy atom. The van der Waals surface area contributed by atoms with Crippen molar-refractivity contribution in [2.75, 3.05) is 20.8 Å². The van der Waals surface area contributed by atoms with Crippen LogP contribution in [0, 0.1) is 0 Å². The summed E-state index contributed by atoms with van der Waals surface area (Å²) in [5.74, 6) is 1.40. The second-order valence-corrected chi connectivity index (χ2v) is 7.77. The van der Waals surface area contributed by atoms with Gasteiger partial charge in [-0.3, -0.25) is 0 Å². The van der Waals surface area contributed by atoms with Crippen molar-refractivity contribution in [1.29, 1.82) is 0 Å². The molecule has 0 aromatic heterocycles. The summed E-state index contributed by atoms with van der Waals surface area (Å²) in [6.07, 6.45) is 1.50. The van der Waals surface area contributed by atoms with Crippen molar-refractivity contribution in [3.8, 4) is 11.5 Å². The van der Waals surface area contributed by atoms with E-state index in [9.17, 15) is 8.42 Å². The van der Waals surface area contributed by atoms with E-state index in [1.54, 1.807) is 13.2 Å². The molecule has 0 saturated carbocycles. The fourth-order valence-electron chi connectivity index (χ4n) is 2.19. The third kappa shape index (κ3) is 4.96. The Balaban J connectivity index is 1.89. The Labute approximate surface area is 151 Å². The topological polar surface area (TPSA) is 64.6 Å². The molecule has 5 nitrogen and oxygen atoms in total. The largest absolute Gasteiger partial charge is 0.497 e. The summed E-state index contributed by atoms with van der Waals surface area (Å²) in [4.78, 5) is 0.208. The number of halogens is 1. The summed E-state index contributed by atoms with van der Waals surface area (Å²) in [6, 6.07) is 12.4. The van der Waals surface area contributed by atoms with E-state index >= 15 is 0 Å². The van der Waals surface area contributed by atoms with Crippen LogP contribution in [0.1, 0.15) is 12.0 Å². The van der Waals surface area contributed by atoms with E-state index in [0.717, 1.165) is 17.7 Å². The Bertz CT molecular complexity index is 776. The highest BCUT2D eigenvalue weighted by Gasteiger charge is 2.15. The van der Waals surface area contributed by atoms with Crippen LogP contribution in [-0.4, -0.2) is 29.2 Å². The Morgan fingerprint density at radius 2 is 1.75 bits per heavy atom. The average Bonchev–Trinajstić information content (AvgIpc) is 2.59. The number of aryl methyl sites for hydroxylation is 1. The maximum atomic E-state index is 12.3. The smallest absolute Gasteiger partial charge is 0.240 e. The maximum Gasteiger partial charge on any atom is 0.240 e. The molecule has 2 aromatic carbocycles. The number of nitrogens with one attached hydrogen (secondary N) is 1. The lowest BCUT2D eigenvalue weighted by atomic mass is 10.1. The van der Waals surface area contributed by atoms with Crippen LogP contribution in [0.4, 0.5) is 0 Å². The zero-order chi connectivity index (χ0) is 17.6. The van der Waals surface area contributed by atoms with E-state index in [-0.39, 0.29) is 4.90 Å². The summed E-state index contributed by atoms with van der Waals surface area (Å²) < 4.78 is 38.0. The molecule has 0 saturated heterocycles. The van der Waals surface area contributed by atoms with Gasteiger partial charge in [-0.15, -0.1) is 0 Å². The van der Waals surface area contributed by atoms with Crippen LogP contribution in [0.5, 0.6) is 11.5 Å². The zero-order valence-corrected chi connectivity index (χ0v) is 16.0. The van der Waals surface area contributed by atoms with Gasteiger partial charge in [0.05, 0.1) is 23.6 Å². The van der Waals surface area contributed by atoms with Gasteiger partial charge in [-0.05, 0) is 64.7 Å². The molecule has 0 unspecified atom stereocenters. The van der Waals surface area contributed by atoms with E-state index in [4.69, 9.17) is 9.47 Å². The molecular weight excluding hydrogens is 394 g/mol. The lowest BCUT2D eigenvalue weighted by molar-refractivity contribution is 0.411. The molecule has 0 bridgehead atoms. The molecule has 130 valence electrons. The predicted molar refractivity (Wildman–Crippen MR) is 97.2 cm³/mol. The number of benzene rings is 2. The average molecular weight is 414 g/mol. The molecule has 0 fully saturated rings. The molecule has 0 aliphatic rings. The van der Waals surface area contributed by atoms with E-state index < -0.39 is 10.0 Å². The normalized spacial score (nSPS) is 11.3. The second-order valence-electron chi connectivity index (χ2n) is 5.15. The highest BCUT2D eigenvalue weighted by molar-refractivity contribution is 9.10. The lowest BCUT2D eigenvalue weighted by Crippen LogP contribution is -2.25. The van der Waals surface area contributed by atoms with Crippen LogP contribution >= 0.6 is 15.9 Å². The van der Waals surface area contributed by atoms with Crippen LogP contribution < -0.4 is 14.2 Å². The van der Waals surface area contributed by atoms with Gasteiger partial charge in [0.2, 0.25) is 10.0 Å². The summed E-state index contributed by atoms with van der Waals surface area (Å²) in [5, 5.41) is 0. The highest BCUT2D eigenvalue weighted by atomic mass is 79.9. The van der Waals surface area contributed by atoms with Gasteiger partial charge in [0.1, 0.15) is 11.5 Å². The van der Waals surface area contributed by atoms with Crippen molar-refractivity contribution in [2.24, 2.45) is 0 Å². The van der Waals surface area contributed by atoms with Crippen LogP contribution in [-0.2, 0) is 16.4 Å². The number of methoxy groups -OCH3 is 2. The number of ether oxygens (including phenoxy) is 2. The fraction of sp³-hybridized carbons (Fsp3) is 0.294. The van der Waals surface area contributed by atoms with Gasteiger partial charge < -0.3 is 9.47 Å². The number of hydrogen-bond acceptors (Lipinski definition) is 4. The molecule has 0 atom stereocenters. The summed E-state index contributed by atoms with van der Waals surface area (Å²) >= 11 is 3.30. The Hall–Kier alpha value is -1.57. The van der Waals surface area contributed by atoms with Gasteiger partial charge in [-0.1, -0.05) is 12.1 Å². The van der Waals surface area contributed by atoms with Crippen molar-refractivity contribution in [1.82, 2.24) is 4.72 Å². The molecule has 2 rings (SSSR count). The maximum absolute atomic E-state index is 12.3. The lowest BCUT2D eigenvalue weighted by Gasteiger charge is -2.09. The Morgan fingerprint density at radius 3 is 2.33 bits per heavy atom. The quantitative estimate of drug-likeness (QED) is 0.673. The number of rotatable bonds is 8. The highest BCUT2D eigenvalue weighted by Crippen LogP contribution is 2.27.